The molecule has 0 aliphatic carbocycles. The second-order valence-corrected chi connectivity index (χ2v) is 8.13. The molecular weight excluding hydrogens is 402 g/mol. The summed E-state index contributed by atoms with van der Waals surface area (Å²) >= 11 is 1.60. The first-order chi connectivity index (χ1) is 14.6. The van der Waals surface area contributed by atoms with Gasteiger partial charge in [-0.05, 0) is 42.8 Å². The summed E-state index contributed by atoms with van der Waals surface area (Å²) in [5.41, 5.74) is 2.04. The molecule has 2 N–H and O–H groups in total. The van der Waals surface area contributed by atoms with Crippen molar-refractivity contribution in [3.63, 3.8) is 0 Å². The van der Waals surface area contributed by atoms with Gasteiger partial charge in [-0.3, -0.25) is 0 Å². The molecule has 8 heteroatoms. The van der Waals surface area contributed by atoms with Gasteiger partial charge in [0.05, 0.1) is 10.9 Å². The number of carbonyl (C=O) groups is 1. The lowest BCUT2D eigenvalue weighted by molar-refractivity contribution is 0.0697. The van der Waals surface area contributed by atoms with Gasteiger partial charge in [0.25, 0.3) is 0 Å². The number of aromatic carboxylic acids is 1. The van der Waals surface area contributed by atoms with Crippen LogP contribution in [0.4, 0.5) is 5.82 Å². The second-order valence-electron chi connectivity index (χ2n) is 6.90. The minimum absolute atomic E-state index is 0.230. The number of carboxylic acids is 1. The zero-order chi connectivity index (χ0) is 20.7. The van der Waals surface area contributed by atoms with E-state index in [4.69, 9.17) is 19.6 Å². The zero-order valence-corrected chi connectivity index (χ0v) is 16.8. The predicted molar refractivity (Wildman–Crippen MR) is 114 cm³/mol. The Morgan fingerprint density at radius 1 is 1.10 bits per heavy atom. The first-order valence-corrected chi connectivity index (χ1v) is 10.1. The van der Waals surface area contributed by atoms with Crippen LogP contribution in [0, 0.1) is 6.92 Å². The van der Waals surface area contributed by atoms with Crippen molar-refractivity contribution >= 4 is 33.3 Å². The molecule has 0 saturated carbocycles. The van der Waals surface area contributed by atoms with Crippen LogP contribution in [-0.2, 0) is 6.54 Å². The number of carboxylic acid groups (broad SMARTS) is 1. The maximum Gasteiger partial charge on any atom is 0.335 e. The molecule has 0 spiro atoms. The van der Waals surface area contributed by atoms with Crippen molar-refractivity contribution in [1.82, 2.24) is 9.97 Å². The fourth-order valence-corrected chi connectivity index (χ4v) is 4.18. The number of aryl methyl sites for hydroxylation is 1. The molecule has 2 aromatic heterocycles. The SMILES string of the molecule is Cc1cc2c(NCc3ccc4c(c3)OCO4)nc(-c3ccc(C(=O)O)cc3)nc2s1. The van der Waals surface area contributed by atoms with Gasteiger partial charge in [-0.15, -0.1) is 11.3 Å². The van der Waals surface area contributed by atoms with Crippen molar-refractivity contribution in [3.8, 4) is 22.9 Å². The van der Waals surface area contributed by atoms with E-state index >= 15 is 0 Å². The molecule has 30 heavy (non-hydrogen) atoms. The molecule has 1 aliphatic rings. The van der Waals surface area contributed by atoms with Crippen molar-refractivity contribution < 1.29 is 19.4 Å². The van der Waals surface area contributed by atoms with Crippen LogP contribution in [0.5, 0.6) is 11.5 Å². The molecule has 2 aromatic carbocycles. The average molecular weight is 419 g/mol. The van der Waals surface area contributed by atoms with E-state index in [9.17, 15) is 4.79 Å². The lowest BCUT2D eigenvalue weighted by atomic mass is 10.1. The summed E-state index contributed by atoms with van der Waals surface area (Å²) < 4.78 is 10.8. The largest absolute Gasteiger partial charge is 0.478 e. The van der Waals surface area contributed by atoms with Crippen LogP contribution in [0.25, 0.3) is 21.6 Å². The third-order valence-corrected chi connectivity index (χ3v) is 5.75. The Kier molecular flexibility index (Phi) is 4.48. The molecule has 0 fully saturated rings. The molecule has 4 aromatic rings. The summed E-state index contributed by atoms with van der Waals surface area (Å²) in [6.07, 6.45) is 0. The van der Waals surface area contributed by atoms with Gasteiger partial charge in [0.2, 0.25) is 6.79 Å². The van der Waals surface area contributed by atoms with Crippen LogP contribution >= 0.6 is 11.3 Å². The molecule has 0 unspecified atom stereocenters. The van der Waals surface area contributed by atoms with E-state index in [0.29, 0.717) is 12.4 Å². The summed E-state index contributed by atoms with van der Waals surface area (Å²) in [7, 11) is 0. The molecule has 0 saturated heterocycles. The Hall–Kier alpha value is -3.65. The van der Waals surface area contributed by atoms with Crippen LogP contribution in [0.3, 0.4) is 0 Å². The van der Waals surface area contributed by atoms with Gasteiger partial charge in [0.15, 0.2) is 17.3 Å². The predicted octanol–water partition coefficient (Wildman–Crippen LogP) is 4.71. The molecule has 5 rings (SSSR count). The summed E-state index contributed by atoms with van der Waals surface area (Å²) in [5, 5.41) is 13.5. The van der Waals surface area contributed by atoms with Crippen molar-refractivity contribution in [3.05, 3.63) is 64.5 Å². The summed E-state index contributed by atoms with van der Waals surface area (Å²) in [6, 6.07) is 14.5. The van der Waals surface area contributed by atoms with Crippen molar-refractivity contribution in [2.45, 2.75) is 13.5 Å². The highest BCUT2D eigenvalue weighted by atomic mass is 32.1. The first-order valence-electron chi connectivity index (χ1n) is 9.31. The Morgan fingerprint density at radius 3 is 2.70 bits per heavy atom. The van der Waals surface area contributed by atoms with Gasteiger partial charge in [0, 0.05) is 17.0 Å². The Balaban J connectivity index is 1.48. The fourth-order valence-electron chi connectivity index (χ4n) is 3.30. The lowest BCUT2D eigenvalue weighted by Crippen LogP contribution is -2.04. The molecule has 7 nitrogen and oxygen atoms in total. The maximum atomic E-state index is 11.1. The van der Waals surface area contributed by atoms with Crippen LogP contribution in [-0.4, -0.2) is 27.8 Å². The highest BCUT2D eigenvalue weighted by Crippen LogP contribution is 2.34. The molecule has 0 radical (unpaired) electrons. The van der Waals surface area contributed by atoms with Gasteiger partial charge in [0.1, 0.15) is 10.6 Å². The Labute approximate surface area is 175 Å². The van der Waals surface area contributed by atoms with E-state index in [-0.39, 0.29) is 12.4 Å². The smallest absolute Gasteiger partial charge is 0.335 e. The number of hydrogen-bond donors (Lipinski definition) is 2. The van der Waals surface area contributed by atoms with Gasteiger partial charge < -0.3 is 19.9 Å². The van der Waals surface area contributed by atoms with Crippen LogP contribution in [0.15, 0.2) is 48.5 Å². The Bertz CT molecular complexity index is 1270. The fraction of sp³-hybridized carbons (Fsp3) is 0.136. The number of ether oxygens (including phenoxy) is 2. The van der Waals surface area contributed by atoms with Crippen LogP contribution in [0.2, 0.25) is 0 Å². The average Bonchev–Trinajstić information content (AvgIpc) is 3.37. The lowest BCUT2D eigenvalue weighted by Gasteiger charge is -2.10. The zero-order valence-electron chi connectivity index (χ0n) is 16.0. The topological polar surface area (TPSA) is 93.6 Å². The molecule has 0 atom stereocenters. The minimum atomic E-state index is -0.960. The van der Waals surface area contributed by atoms with E-state index in [0.717, 1.165) is 43.5 Å². The third kappa shape index (κ3) is 3.42. The standard InChI is InChI=1S/C22H17N3O4S/c1-12-8-16-20(23-10-13-2-7-17-18(9-13)29-11-28-17)24-19(25-21(16)30-12)14-3-5-15(6-4-14)22(26)27/h2-9H,10-11H2,1H3,(H,26,27)(H,23,24,25). The van der Waals surface area contributed by atoms with Gasteiger partial charge in [-0.1, -0.05) is 18.2 Å². The quantitative estimate of drug-likeness (QED) is 0.484. The number of nitrogens with one attached hydrogen (secondary N) is 1. The number of thiophene rings is 1. The van der Waals surface area contributed by atoms with Gasteiger partial charge >= 0.3 is 5.97 Å². The molecule has 1 aliphatic heterocycles. The summed E-state index contributed by atoms with van der Waals surface area (Å²) in [6.45, 7) is 2.85. The van der Waals surface area contributed by atoms with Crippen molar-refractivity contribution in [2.24, 2.45) is 0 Å². The number of aromatic nitrogens is 2. The number of anilines is 1. The number of fused-ring (bicyclic) bond motifs is 2. The van der Waals surface area contributed by atoms with Crippen LogP contribution < -0.4 is 14.8 Å². The van der Waals surface area contributed by atoms with Gasteiger partial charge in [-0.2, -0.15) is 0 Å². The monoisotopic (exact) mass is 419 g/mol. The van der Waals surface area contributed by atoms with E-state index in [1.165, 1.54) is 0 Å². The maximum absolute atomic E-state index is 11.1. The second kappa shape index (κ2) is 7.31. The minimum Gasteiger partial charge on any atom is -0.478 e. The normalized spacial score (nSPS) is 12.3. The van der Waals surface area contributed by atoms with E-state index in [1.54, 1.807) is 35.6 Å². The van der Waals surface area contributed by atoms with Crippen molar-refractivity contribution in [2.75, 3.05) is 12.1 Å². The number of benzene rings is 2. The molecule has 0 bridgehead atoms. The number of rotatable bonds is 5. The van der Waals surface area contributed by atoms with E-state index < -0.39 is 5.97 Å². The van der Waals surface area contributed by atoms with E-state index in [2.05, 4.69) is 16.4 Å². The van der Waals surface area contributed by atoms with Gasteiger partial charge in [-0.25, -0.2) is 14.8 Å². The first kappa shape index (κ1) is 18.4. The molecule has 3 heterocycles. The van der Waals surface area contributed by atoms with E-state index in [1.807, 2.05) is 25.1 Å². The summed E-state index contributed by atoms with van der Waals surface area (Å²) in [4.78, 5) is 22.6. The number of nitrogens with zero attached hydrogens (tertiary/aromatic N) is 2. The van der Waals surface area contributed by atoms with Crippen molar-refractivity contribution in [1.29, 1.82) is 0 Å². The highest BCUT2D eigenvalue weighted by molar-refractivity contribution is 7.18. The molecule has 0 amide bonds. The Morgan fingerprint density at radius 2 is 1.90 bits per heavy atom. The third-order valence-electron chi connectivity index (χ3n) is 4.80. The highest BCUT2D eigenvalue weighted by Gasteiger charge is 2.15. The van der Waals surface area contributed by atoms with Crippen LogP contribution in [0.1, 0.15) is 20.8 Å². The molecular formula is C22H17N3O4S. The summed E-state index contributed by atoms with van der Waals surface area (Å²) in [5.74, 6) is 1.82. The molecule has 150 valence electrons. The number of hydrogen-bond acceptors (Lipinski definition) is 7.